The van der Waals surface area contributed by atoms with Gasteiger partial charge >= 0.3 is 0 Å². The largest absolute Gasteiger partial charge is 0.493 e. The molecule has 0 saturated heterocycles. The number of H-pyrrole nitrogens is 1. The highest BCUT2D eigenvalue weighted by atomic mass is 19.1. The second-order valence-corrected chi connectivity index (χ2v) is 4.69. The van der Waals surface area contributed by atoms with Gasteiger partial charge in [-0.15, -0.1) is 0 Å². The average Bonchev–Trinajstić information content (AvgIpc) is 2.91. The number of hydrogen-bond acceptors (Lipinski definition) is 3. The summed E-state index contributed by atoms with van der Waals surface area (Å²) in [5.74, 6) is 1.64. The fourth-order valence-corrected chi connectivity index (χ4v) is 2.16. The highest BCUT2D eigenvalue weighted by Crippen LogP contribution is 2.30. The van der Waals surface area contributed by atoms with Crippen LogP contribution in [0.4, 0.5) is 4.39 Å². The second kappa shape index (κ2) is 5.44. The lowest BCUT2D eigenvalue weighted by Crippen LogP contribution is -2.05. The Morgan fingerprint density at radius 2 is 1.90 bits per heavy atom. The lowest BCUT2D eigenvalue weighted by atomic mass is 10.3. The molecule has 0 radical (unpaired) electrons. The molecule has 108 valence electrons. The Balaban J connectivity index is 1.88. The number of aromatic nitrogens is 2. The molecule has 2 aromatic carbocycles. The van der Waals surface area contributed by atoms with Gasteiger partial charge in [0.2, 0.25) is 0 Å². The first-order chi connectivity index (χ1) is 10.2. The predicted molar refractivity (Wildman–Crippen MR) is 78.1 cm³/mol. The molecule has 0 fully saturated rings. The van der Waals surface area contributed by atoms with Crippen molar-refractivity contribution < 1.29 is 13.9 Å². The number of nitrogens with zero attached hydrogens (tertiary/aromatic N) is 1. The summed E-state index contributed by atoms with van der Waals surface area (Å²) in [6.07, 6.45) is -0.309. The Bertz CT molecular complexity index is 770. The van der Waals surface area contributed by atoms with Gasteiger partial charge in [0.25, 0.3) is 0 Å². The summed E-state index contributed by atoms with van der Waals surface area (Å²) in [7, 11) is 1.59. The smallest absolute Gasteiger partial charge is 0.162 e. The van der Waals surface area contributed by atoms with Crippen LogP contribution in [0, 0.1) is 5.82 Å². The van der Waals surface area contributed by atoms with Crippen LogP contribution in [0.5, 0.6) is 11.5 Å². The zero-order valence-corrected chi connectivity index (χ0v) is 11.8. The van der Waals surface area contributed by atoms with E-state index in [0.29, 0.717) is 28.4 Å². The third-order valence-corrected chi connectivity index (χ3v) is 3.22. The highest BCUT2D eigenvalue weighted by Gasteiger charge is 2.14. The summed E-state index contributed by atoms with van der Waals surface area (Å²) in [5.41, 5.74) is 1.36. The maximum absolute atomic E-state index is 13.2. The normalized spacial score (nSPS) is 12.3. The quantitative estimate of drug-likeness (QED) is 0.792. The molecular formula is C16H15FN2O2. The van der Waals surface area contributed by atoms with Crippen molar-refractivity contribution in [1.29, 1.82) is 0 Å². The minimum absolute atomic E-state index is 0.295. The molecule has 0 spiro atoms. The number of nitrogens with one attached hydrogen (secondary N) is 1. The third kappa shape index (κ3) is 2.67. The number of methoxy groups -OCH3 is 1. The Hall–Kier alpha value is -2.56. The molecule has 5 heteroatoms. The van der Waals surface area contributed by atoms with Gasteiger partial charge in [-0.05, 0) is 37.3 Å². The van der Waals surface area contributed by atoms with Crippen LogP contribution in [0.3, 0.4) is 0 Å². The van der Waals surface area contributed by atoms with E-state index in [2.05, 4.69) is 9.97 Å². The Morgan fingerprint density at radius 1 is 1.14 bits per heavy atom. The van der Waals surface area contributed by atoms with E-state index in [1.165, 1.54) is 12.1 Å². The van der Waals surface area contributed by atoms with E-state index < -0.39 is 0 Å². The zero-order chi connectivity index (χ0) is 14.8. The van der Waals surface area contributed by atoms with Crippen LogP contribution in [0.2, 0.25) is 0 Å². The molecule has 3 rings (SSSR count). The van der Waals surface area contributed by atoms with Crippen LogP contribution in [0.25, 0.3) is 11.0 Å². The van der Waals surface area contributed by atoms with E-state index in [1.54, 1.807) is 13.2 Å². The number of ether oxygens (including phenoxy) is 2. The molecule has 0 amide bonds. The third-order valence-electron chi connectivity index (χ3n) is 3.22. The monoisotopic (exact) mass is 286 g/mol. The minimum Gasteiger partial charge on any atom is -0.493 e. The molecule has 4 nitrogen and oxygen atoms in total. The highest BCUT2D eigenvalue weighted by molar-refractivity contribution is 5.75. The van der Waals surface area contributed by atoms with Gasteiger partial charge in [0.05, 0.1) is 18.1 Å². The van der Waals surface area contributed by atoms with Crippen molar-refractivity contribution in [2.24, 2.45) is 0 Å². The first kappa shape index (κ1) is 13.4. The summed E-state index contributed by atoms with van der Waals surface area (Å²) in [6, 6.07) is 11.9. The Kier molecular flexibility index (Phi) is 3.48. The predicted octanol–water partition coefficient (Wildman–Crippen LogP) is 3.85. The van der Waals surface area contributed by atoms with Crippen molar-refractivity contribution in [3.63, 3.8) is 0 Å². The van der Waals surface area contributed by atoms with Gasteiger partial charge in [-0.25, -0.2) is 9.37 Å². The summed E-state index contributed by atoms with van der Waals surface area (Å²) in [5, 5.41) is 0. The first-order valence-electron chi connectivity index (χ1n) is 6.62. The van der Waals surface area contributed by atoms with Gasteiger partial charge in [0.1, 0.15) is 11.6 Å². The molecule has 1 heterocycles. The fourth-order valence-electron chi connectivity index (χ4n) is 2.16. The number of hydrogen-bond donors (Lipinski definition) is 1. The van der Waals surface area contributed by atoms with Gasteiger partial charge in [0.15, 0.2) is 17.6 Å². The molecule has 1 atom stereocenters. The lowest BCUT2D eigenvalue weighted by molar-refractivity contribution is 0.208. The number of fused-ring (bicyclic) bond motifs is 1. The molecule has 0 aliphatic rings. The maximum atomic E-state index is 13.2. The van der Waals surface area contributed by atoms with Crippen molar-refractivity contribution in [3.8, 4) is 11.5 Å². The Morgan fingerprint density at radius 3 is 2.67 bits per heavy atom. The second-order valence-electron chi connectivity index (χ2n) is 4.69. The summed E-state index contributed by atoms with van der Waals surface area (Å²) in [4.78, 5) is 7.49. The van der Waals surface area contributed by atoms with Gasteiger partial charge in [0, 0.05) is 0 Å². The maximum Gasteiger partial charge on any atom is 0.162 e. The fraction of sp³-hybridized carbons (Fsp3) is 0.188. The van der Waals surface area contributed by atoms with Gasteiger partial charge in [-0.2, -0.15) is 0 Å². The molecular weight excluding hydrogens is 271 g/mol. The van der Waals surface area contributed by atoms with Crippen molar-refractivity contribution in [1.82, 2.24) is 9.97 Å². The number of benzene rings is 2. The van der Waals surface area contributed by atoms with E-state index in [-0.39, 0.29) is 11.9 Å². The van der Waals surface area contributed by atoms with Crippen molar-refractivity contribution >= 4 is 11.0 Å². The van der Waals surface area contributed by atoms with Crippen LogP contribution in [0.15, 0.2) is 42.5 Å². The summed E-state index contributed by atoms with van der Waals surface area (Å²) < 4.78 is 24.3. The molecule has 0 aliphatic carbocycles. The molecule has 0 aliphatic heterocycles. The minimum atomic E-state index is -0.309. The van der Waals surface area contributed by atoms with Crippen LogP contribution >= 0.6 is 0 Å². The van der Waals surface area contributed by atoms with E-state index in [4.69, 9.17) is 9.47 Å². The van der Waals surface area contributed by atoms with Crippen molar-refractivity contribution in [2.45, 2.75) is 13.0 Å². The van der Waals surface area contributed by atoms with Gasteiger partial charge < -0.3 is 14.5 Å². The van der Waals surface area contributed by atoms with Crippen LogP contribution < -0.4 is 9.47 Å². The zero-order valence-electron chi connectivity index (χ0n) is 11.8. The number of rotatable bonds is 4. The molecule has 0 bridgehead atoms. The summed E-state index contributed by atoms with van der Waals surface area (Å²) >= 11 is 0. The number of aromatic amines is 1. The number of halogens is 1. The molecule has 3 aromatic rings. The van der Waals surface area contributed by atoms with Crippen molar-refractivity contribution in [2.75, 3.05) is 7.11 Å². The van der Waals surface area contributed by atoms with Gasteiger partial charge in [-0.1, -0.05) is 12.1 Å². The van der Waals surface area contributed by atoms with Crippen LogP contribution in [-0.4, -0.2) is 17.1 Å². The lowest BCUT2D eigenvalue weighted by Gasteiger charge is -2.14. The summed E-state index contributed by atoms with van der Waals surface area (Å²) in [6.45, 7) is 1.88. The SMILES string of the molecule is COc1ccccc1O[C@H](C)c1nc2ccc(F)cc2[nH]1. The molecule has 0 saturated carbocycles. The number of para-hydroxylation sites is 2. The van der Waals surface area contributed by atoms with E-state index >= 15 is 0 Å². The van der Waals surface area contributed by atoms with E-state index in [9.17, 15) is 4.39 Å². The number of imidazole rings is 1. The Labute approximate surface area is 121 Å². The van der Waals surface area contributed by atoms with Crippen LogP contribution in [-0.2, 0) is 0 Å². The van der Waals surface area contributed by atoms with Gasteiger partial charge in [-0.3, -0.25) is 0 Å². The molecule has 0 unspecified atom stereocenters. The van der Waals surface area contributed by atoms with Crippen molar-refractivity contribution in [3.05, 3.63) is 54.1 Å². The standard InChI is InChI=1S/C16H15FN2O2/c1-10(21-15-6-4-3-5-14(15)20-2)16-18-12-8-7-11(17)9-13(12)19-16/h3-10H,1-2H3,(H,18,19)/t10-/m1/s1. The van der Waals surface area contributed by atoms with E-state index in [0.717, 1.165) is 0 Å². The topological polar surface area (TPSA) is 47.1 Å². The molecule has 21 heavy (non-hydrogen) atoms. The molecule has 1 N–H and O–H groups in total. The first-order valence-corrected chi connectivity index (χ1v) is 6.62. The average molecular weight is 286 g/mol. The van der Waals surface area contributed by atoms with Crippen LogP contribution in [0.1, 0.15) is 18.9 Å². The van der Waals surface area contributed by atoms with E-state index in [1.807, 2.05) is 31.2 Å². The molecule has 1 aromatic heterocycles.